The predicted octanol–water partition coefficient (Wildman–Crippen LogP) is 4.70. The number of carbonyl (C=O) groups excluding carboxylic acids is 2. The van der Waals surface area contributed by atoms with Crippen LogP contribution in [-0.4, -0.2) is 42.3 Å². The Morgan fingerprint density at radius 2 is 1.57 bits per heavy atom. The van der Waals surface area contributed by atoms with Crippen LogP contribution in [0.15, 0.2) is 48.5 Å². The van der Waals surface area contributed by atoms with Gasteiger partial charge in [-0.15, -0.1) is 0 Å². The van der Waals surface area contributed by atoms with Crippen LogP contribution in [0, 0.1) is 11.8 Å². The molecule has 2 aliphatic rings. The summed E-state index contributed by atoms with van der Waals surface area (Å²) >= 11 is 0. The normalized spacial score (nSPS) is 16.7. The summed E-state index contributed by atoms with van der Waals surface area (Å²) < 4.78 is 5.55. The zero-order valence-electron chi connectivity index (χ0n) is 20.2. The third kappa shape index (κ3) is 6.21. The van der Waals surface area contributed by atoms with Gasteiger partial charge in [-0.3, -0.25) is 9.59 Å². The van der Waals surface area contributed by atoms with Crippen LogP contribution < -0.4 is 10.6 Å². The molecule has 2 aromatic rings. The average molecular weight is 479 g/mol. The summed E-state index contributed by atoms with van der Waals surface area (Å²) in [5.41, 5.74) is 4.63. The lowest BCUT2D eigenvalue weighted by molar-refractivity contribution is -0.138. The number of nitrogens with one attached hydrogen (secondary N) is 2. The number of carboxylic acid groups (broad SMARTS) is 1. The van der Waals surface area contributed by atoms with E-state index in [1.54, 1.807) is 6.92 Å². The molecule has 35 heavy (non-hydrogen) atoms. The summed E-state index contributed by atoms with van der Waals surface area (Å²) in [5.74, 6) is -0.757. The smallest absolute Gasteiger partial charge is 0.407 e. The van der Waals surface area contributed by atoms with Crippen LogP contribution in [0.3, 0.4) is 0 Å². The summed E-state index contributed by atoms with van der Waals surface area (Å²) in [6.45, 7) is 2.33. The second-order valence-corrected chi connectivity index (χ2v) is 9.78. The maximum Gasteiger partial charge on any atom is 0.407 e. The van der Waals surface area contributed by atoms with Crippen molar-refractivity contribution in [3.05, 3.63) is 59.7 Å². The van der Waals surface area contributed by atoms with Gasteiger partial charge < -0.3 is 20.5 Å². The molecule has 0 bridgehead atoms. The molecule has 2 atom stereocenters. The molecular formula is C28H34N2O5. The molecular weight excluding hydrogens is 444 g/mol. The first-order chi connectivity index (χ1) is 16.9. The molecule has 0 heterocycles. The Balaban J connectivity index is 1.24. The molecule has 7 nitrogen and oxygen atoms in total. The van der Waals surface area contributed by atoms with E-state index in [2.05, 4.69) is 34.9 Å². The molecule has 0 saturated heterocycles. The molecule has 7 heteroatoms. The molecule has 4 rings (SSSR count). The van der Waals surface area contributed by atoms with Gasteiger partial charge in [0.15, 0.2) is 0 Å². The largest absolute Gasteiger partial charge is 0.481 e. The number of rotatable bonds is 10. The lowest BCUT2D eigenvalue weighted by Crippen LogP contribution is -2.40. The fourth-order valence-electron chi connectivity index (χ4n) is 5.55. The van der Waals surface area contributed by atoms with E-state index in [0.717, 1.165) is 36.8 Å². The molecule has 2 aromatic carbocycles. The minimum Gasteiger partial charge on any atom is -0.481 e. The molecule has 2 aliphatic carbocycles. The number of hydrogen-bond donors (Lipinski definition) is 3. The van der Waals surface area contributed by atoms with Gasteiger partial charge in [-0.25, -0.2) is 4.79 Å². The molecule has 2 amide bonds. The topological polar surface area (TPSA) is 105 Å². The van der Waals surface area contributed by atoms with E-state index in [4.69, 9.17) is 4.74 Å². The number of carbonyl (C=O) groups is 3. The third-order valence-electron chi connectivity index (χ3n) is 7.26. The SMILES string of the molecule is C[C@@H](CC(=O)NCC(CC(=O)O)C1CCCC1)NC(=O)OCC1c2ccccc2-c2ccccc21. The summed E-state index contributed by atoms with van der Waals surface area (Å²) in [7, 11) is 0. The van der Waals surface area contributed by atoms with Gasteiger partial charge in [0.2, 0.25) is 5.91 Å². The van der Waals surface area contributed by atoms with E-state index in [1.807, 2.05) is 24.3 Å². The van der Waals surface area contributed by atoms with E-state index >= 15 is 0 Å². The van der Waals surface area contributed by atoms with Crippen molar-refractivity contribution in [2.45, 2.75) is 57.4 Å². The first kappa shape index (κ1) is 24.8. The summed E-state index contributed by atoms with van der Waals surface area (Å²) in [6, 6.07) is 15.9. The van der Waals surface area contributed by atoms with Crippen LogP contribution in [-0.2, 0) is 14.3 Å². The highest BCUT2D eigenvalue weighted by Crippen LogP contribution is 2.44. The average Bonchev–Trinajstić information content (AvgIpc) is 3.47. The fourth-order valence-corrected chi connectivity index (χ4v) is 5.55. The standard InChI is InChI=1S/C28H34N2O5/c1-18(14-26(31)29-16-20(15-27(32)33)19-8-2-3-9-19)30-28(34)35-17-25-23-12-6-4-10-21(23)22-11-5-7-13-24(22)25/h4-7,10-13,18-20,25H,2-3,8-9,14-17H2,1H3,(H,29,31)(H,30,34)(H,32,33)/t18-,20?/m0/s1. The predicted molar refractivity (Wildman–Crippen MR) is 133 cm³/mol. The van der Waals surface area contributed by atoms with Gasteiger partial charge in [0.05, 0.1) is 6.42 Å². The van der Waals surface area contributed by atoms with Crippen molar-refractivity contribution in [3.8, 4) is 11.1 Å². The van der Waals surface area contributed by atoms with Crippen molar-refractivity contribution in [2.75, 3.05) is 13.2 Å². The highest BCUT2D eigenvalue weighted by molar-refractivity contribution is 5.79. The van der Waals surface area contributed by atoms with Crippen LogP contribution in [0.5, 0.6) is 0 Å². The summed E-state index contributed by atoms with van der Waals surface area (Å²) in [6.07, 6.45) is 3.90. The minimum absolute atomic E-state index is 0.0199. The number of alkyl carbamates (subject to hydrolysis) is 1. The molecule has 0 aromatic heterocycles. The van der Waals surface area contributed by atoms with E-state index < -0.39 is 18.1 Å². The van der Waals surface area contributed by atoms with E-state index in [-0.39, 0.29) is 37.2 Å². The Morgan fingerprint density at radius 3 is 2.17 bits per heavy atom. The zero-order chi connectivity index (χ0) is 24.8. The quantitative estimate of drug-likeness (QED) is 0.459. The molecule has 186 valence electrons. The molecule has 1 saturated carbocycles. The number of amides is 2. The van der Waals surface area contributed by atoms with E-state index in [1.165, 1.54) is 11.1 Å². The maximum atomic E-state index is 12.4. The van der Waals surface area contributed by atoms with Crippen LogP contribution in [0.1, 0.15) is 62.5 Å². The first-order valence-corrected chi connectivity index (χ1v) is 12.5. The minimum atomic E-state index is -0.832. The van der Waals surface area contributed by atoms with Crippen LogP contribution in [0.2, 0.25) is 0 Å². The van der Waals surface area contributed by atoms with Gasteiger partial charge in [-0.05, 0) is 41.0 Å². The molecule has 1 fully saturated rings. The van der Waals surface area contributed by atoms with Crippen LogP contribution in [0.4, 0.5) is 4.79 Å². The Morgan fingerprint density at radius 1 is 0.971 bits per heavy atom. The Hall–Kier alpha value is -3.35. The lowest BCUT2D eigenvalue weighted by Gasteiger charge is -2.22. The van der Waals surface area contributed by atoms with Crippen molar-refractivity contribution in [3.63, 3.8) is 0 Å². The van der Waals surface area contributed by atoms with E-state index in [9.17, 15) is 19.5 Å². The molecule has 0 spiro atoms. The van der Waals surface area contributed by atoms with Crippen molar-refractivity contribution >= 4 is 18.0 Å². The van der Waals surface area contributed by atoms with Gasteiger partial charge in [0, 0.05) is 24.9 Å². The van der Waals surface area contributed by atoms with Gasteiger partial charge in [-0.2, -0.15) is 0 Å². The Kier molecular flexibility index (Phi) is 8.06. The monoisotopic (exact) mass is 478 g/mol. The maximum absolute atomic E-state index is 12.4. The van der Waals surface area contributed by atoms with Gasteiger partial charge >= 0.3 is 12.1 Å². The fraction of sp³-hybridized carbons (Fsp3) is 0.464. The van der Waals surface area contributed by atoms with Gasteiger partial charge in [-0.1, -0.05) is 74.2 Å². The Labute approximate surface area is 206 Å². The number of ether oxygens (including phenoxy) is 1. The summed E-state index contributed by atoms with van der Waals surface area (Å²) in [4.78, 5) is 36.1. The van der Waals surface area contributed by atoms with Gasteiger partial charge in [0.25, 0.3) is 0 Å². The number of benzene rings is 2. The molecule has 0 radical (unpaired) electrons. The van der Waals surface area contributed by atoms with E-state index in [0.29, 0.717) is 12.5 Å². The zero-order valence-corrected chi connectivity index (χ0v) is 20.2. The third-order valence-corrected chi connectivity index (χ3v) is 7.26. The van der Waals surface area contributed by atoms with Crippen molar-refractivity contribution in [2.24, 2.45) is 11.8 Å². The van der Waals surface area contributed by atoms with Gasteiger partial charge in [0.1, 0.15) is 6.61 Å². The van der Waals surface area contributed by atoms with Crippen molar-refractivity contribution < 1.29 is 24.2 Å². The van der Waals surface area contributed by atoms with Crippen LogP contribution >= 0.6 is 0 Å². The number of fused-ring (bicyclic) bond motifs is 3. The lowest BCUT2D eigenvalue weighted by atomic mass is 9.88. The first-order valence-electron chi connectivity index (χ1n) is 12.5. The second kappa shape index (κ2) is 11.4. The molecule has 3 N–H and O–H groups in total. The Bertz CT molecular complexity index is 1020. The number of carboxylic acids is 1. The summed E-state index contributed by atoms with van der Waals surface area (Å²) in [5, 5.41) is 14.8. The molecule has 0 aliphatic heterocycles. The highest BCUT2D eigenvalue weighted by atomic mass is 16.5. The highest BCUT2D eigenvalue weighted by Gasteiger charge is 2.30. The van der Waals surface area contributed by atoms with Crippen molar-refractivity contribution in [1.29, 1.82) is 0 Å². The van der Waals surface area contributed by atoms with Crippen molar-refractivity contribution in [1.82, 2.24) is 10.6 Å². The molecule has 1 unspecified atom stereocenters. The number of aliphatic carboxylic acids is 1. The van der Waals surface area contributed by atoms with Crippen LogP contribution in [0.25, 0.3) is 11.1 Å². The second-order valence-electron chi connectivity index (χ2n) is 9.78. The number of hydrogen-bond acceptors (Lipinski definition) is 4.